The lowest BCUT2D eigenvalue weighted by molar-refractivity contribution is -0.366. The van der Waals surface area contributed by atoms with Crippen LogP contribution in [0.1, 0.15) is 38.5 Å². The number of aliphatic hydroxyl groups excluding tert-OH is 20. The van der Waals surface area contributed by atoms with Crippen LogP contribution in [0.5, 0.6) is 0 Å². The number of carbonyl (C=O) groups is 6. The van der Waals surface area contributed by atoms with Gasteiger partial charge in [0.25, 0.3) is 11.8 Å². The lowest BCUT2D eigenvalue weighted by Crippen LogP contribution is -2.65. The van der Waals surface area contributed by atoms with Gasteiger partial charge in [0.1, 0.15) is 146 Å². The predicted octanol–water partition coefficient (Wildman–Crippen LogP) is -16.3. The second kappa shape index (κ2) is 39.2. The van der Waals surface area contributed by atoms with E-state index in [2.05, 4.69) is 16.0 Å². The minimum absolute atomic E-state index is 0.0143. The molecule has 0 aromatic carbocycles. The van der Waals surface area contributed by atoms with E-state index in [0.717, 1.165) is 4.90 Å². The molecule has 44 heteroatoms. The summed E-state index contributed by atoms with van der Waals surface area (Å²) in [7, 11) is 0. The lowest BCUT2D eigenvalue weighted by atomic mass is 9.96. The number of hydrogen-bond acceptors (Lipinski definition) is 40. The Morgan fingerprint density at radius 1 is 0.380 bits per heavy atom. The van der Waals surface area contributed by atoms with Crippen LogP contribution in [0.15, 0.2) is 0 Å². The number of carbonyl (C=O) groups excluding carboxylic acids is 6. The molecule has 576 valence electrons. The predicted molar refractivity (Wildman–Crippen MR) is 311 cm³/mol. The van der Waals surface area contributed by atoms with Crippen LogP contribution in [0, 0.1) is 0 Å². The van der Waals surface area contributed by atoms with E-state index in [-0.39, 0.29) is 38.6 Å². The Balaban J connectivity index is 0.973. The molecular formula is C56H93N5O39. The number of amides is 5. The summed E-state index contributed by atoms with van der Waals surface area (Å²) < 4.78 is 67.0. The van der Waals surface area contributed by atoms with Crippen molar-refractivity contribution in [3.63, 3.8) is 0 Å². The van der Waals surface area contributed by atoms with E-state index in [1.54, 1.807) is 0 Å². The highest BCUT2D eigenvalue weighted by Crippen LogP contribution is 2.34. The molecule has 0 aromatic heterocycles. The number of imide groups is 1. The fourth-order valence-corrected chi connectivity index (χ4v) is 11.4. The maximum absolute atomic E-state index is 13.6. The van der Waals surface area contributed by atoms with Gasteiger partial charge in [0.2, 0.25) is 17.7 Å². The number of hydrogen-bond donors (Lipinski definition) is 23. The van der Waals surface area contributed by atoms with Gasteiger partial charge >= 0.3 is 5.97 Å². The molecule has 7 fully saturated rings. The van der Waals surface area contributed by atoms with Gasteiger partial charge in [0, 0.05) is 38.9 Å². The van der Waals surface area contributed by atoms with Crippen molar-refractivity contribution in [1.29, 1.82) is 0 Å². The van der Waals surface area contributed by atoms with Crippen molar-refractivity contribution in [2.24, 2.45) is 0 Å². The third kappa shape index (κ3) is 21.5. The third-order valence-electron chi connectivity index (χ3n) is 17.2. The Labute approximate surface area is 567 Å². The van der Waals surface area contributed by atoms with Crippen molar-refractivity contribution in [3.8, 4) is 0 Å². The Morgan fingerprint density at radius 3 is 1.06 bits per heavy atom. The fourth-order valence-electron chi connectivity index (χ4n) is 11.4. The summed E-state index contributed by atoms with van der Waals surface area (Å²) in [5.74, 6) is -4.59. The molecule has 30 atom stereocenters. The quantitative estimate of drug-likeness (QED) is 0.0207. The summed E-state index contributed by atoms with van der Waals surface area (Å²) in [6.45, 7) is -9.01. The number of aliphatic hydroxyl groups is 20. The largest absolute Gasteiger partial charge is 0.394 e. The number of rotatable bonds is 35. The molecule has 44 nitrogen and oxygen atoms in total. The maximum atomic E-state index is 13.6. The monoisotopic (exact) mass is 1460 g/mol. The molecule has 100 heavy (non-hydrogen) atoms. The van der Waals surface area contributed by atoms with Crippen molar-refractivity contribution < 1.29 is 193 Å². The van der Waals surface area contributed by atoms with E-state index in [4.69, 9.17) is 61.7 Å². The first-order valence-electron chi connectivity index (χ1n) is 32.2. The van der Waals surface area contributed by atoms with Crippen LogP contribution in [0.3, 0.4) is 0 Å². The van der Waals surface area contributed by atoms with Crippen LogP contribution in [0.25, 0.3) is 0 Å². The highest BCUT2D eigenvalue weighted by molar-refractivity contribution is 6.01. The molecule has 0 saturated carbocycles. The Hall–Kier alpha value is -4.30. The van der Waals surface area contributed by atoms with E-state index in [1.807, 2.05) is 0 Å². The number of unbranched alkanes of at least 4 members (excludes halogenated alkanes) is 2. The maximum Gasteiger partial charge on any atom is 0.333 e. The molecule has 7 heterocycles. The topological polar surface area (TPSA) is 670 Å². The van der Waals surface area contributed by atoms with Crippen molar-refractivity contribution in [2.45, 2.75) is 223 Å². The van der Waals surface area contributed by atoms with E-state index >= 15 is 0 Å². The Bertz CT molecular complexity index is 2430. The van der Waals surface area contributed by atoms with Gasteiger partial charge in [-0.1, -0.05) is 6.42 Å². The summed E-state index contributed by atoms with van der Waals surface area (Å²) in [5.41, 5.74) is 0. The van der Waals surface area contributed by atoms with Crippen molar-refractivity contribution >= 4 is 35.5 Å². The molecule has 7 saturated heterocycles. The fraction of sp³-hybridized carbons (Fsp3) is 0.893. The SMILES string of the molecule is O=C(CN(CC(=O)NCCO[C@H]1O[C@H](CO[C@H]2O[C@H](CO)[C@@H](O)[C@H](O)[C@@H]2O)[C@@H](O)[C@H](OC2O[C@H](CO)[C@@H](O)[C@H](O)[C@@H]2O)[C@@H]1O)CC(=O)NCCO[C@H]1O[C@H](CO[C@H]2O[C@H](CO)[C@@H](O)[C@H](O)[C@@H]2O)[C@@H](O)[C@H](O[C@H]2O[C@H](CO)[C@@H](O)[C@H](O)[C@@H]2O)[C@@H]1O)NCCCCCC(=O)ON1C(=O)CCC1=O. The van der Waals surface area contributed by atoms with Gasteiger partial charge < -0.3 is 180 Å². The van der Waals surface area contributed by atoms with Crippen LogP contribution < -0.4 is 16.0 Å². The average Bonchev–Trinajstić information content (AvgIpc) is 0.792. The van der Waals surface area contributed by atoms with Crippen molar-refractivity contribution in [2.75, 3.05) is 92.1 Å². The summed E-state index contributed by atoms with van der Waals surface area (Å²) in [4.78, 5) is 82.4. The van der Waals surface area contributed by atoms with Crippen LogP contribution in [-0.2, 0) is 90.4 Å². The molecule has 0 spiro atoms. The average molecular weight is 1460 g/mol. The number of nitrogens with one attached hydrogen (secondary N) is 3. The molecule has 7 rings (SSSR count). The zero-order valence-electron chi connectivity index (χ0n) is 53.6. The van der Waals surface area contributed by atoms with Gasteiger partial charge in [-0.15, -0.1) is 5.06 Å². The zero-order valence-corrected chi connectivity index (χ0v) is 53.6. The number of ether oxygens (including phenoxy) is 12. The number of hydroxylamine groups is 2. The second-order valence-electron chi connectivity index (χ2n) is 24.5. The van der Waals surface area contributed by atoms with E-state index in [9.17, 15) is 131 Å². The molecule has 23 N–H and O–H groups in total. The summed E-state index contributed by atoms with van der Waals surface area (Å²) >= 11 is 0. The summed E-state index contributed by atoms with van der Waals surface area (Å²) in [5, 5.41) is 218. The van der Waals surface area contributed by atoms with Gasteiger partial charge in [-0.05, 0) is 12.8 Å². The minimum atomic E-state index is -2.05. The first-order valence-corrected chi connectivity index (χ1v) is 32.2. The molecule has 0 bridgehead atoms. The van der Waals surface area contributed by atoms with Crippen LogP contribution in [-0.4, -0.2) is 424 Å². The molecule has 1 unspecified atom stereocenters. The molecule has 5 amide bonds. The molecule has 0 aromatic rings. The minimum Gasteiger partial charge on any atom is -0.394 e. The van der Waals surface area contributed by atoms with Crippen molar-refractivity contribution in [1.82, 2.24) is 25.9 Å². The highest BCUT2D eigenvalue weighted by Gasteiger charge is 2.55. The van der Waals surface area contributed by atoms with Gasteiger partial charge in [-0.25, -0.2) is 4.79 Å². The standard InChI is InChI=1S/C56H93N5O39/c62-15-21-33(72)39(78)43(82)51(92-21)90-19-25-37(76)49(98-55-45(84)41(80)35(74)23(17-64)94-55)47(86)53(96-25)88-10-8-58-28(67)13-60(12-27(66)57-7-3-1-2-4-32(71)100-61-30(69)5-6-31(61)70)14-29(68)59-9-11-89-54-48(87)50(99-56-46(85)42(81)36(75)24(18-65)95-56)38(77)26(97-54)20-91-52-44(83)40(79)34(73)22(16-63)93-52/h21-26,33-56,62-65,72-87H,1-20H2,(H,57,66)(H,58,67)(H,59,68)/t21-,22-,23-,24-,25-,26-,33-,34-,35-,36-,37-,38-,39+,40+,41+,42+,43+,44+,45+,46+,47+,48+,49+,50+,51+,52+,53+,54+,55-,56?/m1/s1. The van der Waals surface area contributed by atoms with Crippen LogP contribution >= 0.6 is 0 Å². The van der Waals surface area contributed by atoms with Gasteiger partial charge in [-0.3, -0.25) is 28.9 Å². The highest BCUT2D eigenvalue weighted by atomic mass is 16.8. The normalized spacial score (nSPS) is 40.3. The van der Waals surface area contributed by atoms with Gasteiger partial charge in [-0.2, -0.15) is 0 Å². The lowest BCUT2D eigenvalue weighted by Gasteiger charge is -2.46. The zero-order chi connectivity index (χ0) is 73.4. The van der Waals surface area contributed by atoms with Gasteiger partial charge in [0.05, 0.1) is 72.5 Å². The molecule has 0 radical (unpaired) electrons. The smallest absolute Gasteiger partial charge is 0.333 e. The first kappa shape index (κ1) is 83.0. The molecule has 0 aliphatic carbocycles. The molecular weight excluding hydrogens is 1370 g/mol. The van der Waals surface area contributed by atoms with E-state index < -0.39 is 305 Å². The van der Waals surface area contributed by atoms with E-state index in [1.165, 1.54) is 0 Å². The van der Waals surface area contributed by atoms with E-state index in [0.29, 0.717) is 11.5 Å². The summed E-state index contributed by atoms with van der Waals surface area (Å²) in [6, 6.07) is 0. The molecule has 7 aliphatic rings. The van der Waals surface area contributed by atoms with Crippen LogP contribution in [0.4, 0.5) is 0 Å². The Morgan fingerprint density at radius 2 is 0.700 bits per heavy atom. The molecule has 7 aliphatic heterocycles. The second-order valence-corrected chi connectivity index (χ2v) is 24.5. The van der Waals surface area contributed by atoms with Crippen molar-refractivity contribution in [3.05, 3.63) is 0 Å². The van der Waals surface area contributed by atoms with Gasteiger partial charge in [0.15, 0.2) is 37.7 Å². The van der Waals surface area contributed by atoms with Crippen LogP contribution in [0.2, 0.25) is 0 Å². The Kier molecular flexibility index (Phi) is 32.5. The third-order valence-corrected chi connectivity index (χ3v) is 17.2. The first-order chi connectivity index (χ1) is 47.5. The summed E-state index contributed by atoms with van der Waals surface area (Å²) in [6.07, 6.45) is -54.6. The number of nitrogens with zero attached hydrogens (tertiary/aromatic N) is 2.